The maximum atomic E-state index is 12.6. The Hall–Kier alpha value is -1.29. The van der Waals surface area contributed by atoms with Crippen molar-refractivity contribution < 1.29 is 4.79 Å². The number of hydrogen-bond donors (Lipinski definition) is 1. The summed E-state index contributed by atoms with van der Waals surface area (Å²) in [5, 5.41) is 0.313. The Balaban J connectivity index is 1.69. The first kappa shape index (κ1) is 14.6. The summed E-state index contributed by atoms with van der Waals surface area (Å²) >= 11 is 5.88. The molecule has 1 aliphatic heterocycles. The molecule has 1 spiro atoms. The number of carbonyl (C=O) groups excluding carboxylic acids is 1. The monoisotopic (exact) mass is 307 g/mol. The molecule has 0 bridgehead atoms. The van der Waals surface area contributed by atoms with Crippen LogP contribution in [-0.2, 0) is 0 Å². The number of anilines is 1. The second-order valence-corrected chi connectivity index (χ2v) is 6.83. The first-order valence-electron chi connectivity index (χ1n) is 7.80. The van der Waals surface area contributed by atoms with Crippen LogP contribution in [0.25, 0.3) is 0 Å². The third-order valence-corrected chi connectivity index (χ3v) is 5.36. The molecule has 2 aliphatic rings. The molecule has 2 N–H and O–H groups in total. The summed E-state index contributed by atoms with van der Waals surface area (Å²) in [7, 11) is 0. The second-order valence-electron chi connectivity index (χ2n) is 6.45. The largest absolute Gasteiger partial charge is 0.397 e. The number of aromatic nitrogens is 1. The number of nitrogen functional groups attached to an aromatic ring is 1. The van der Waals surface area contributed by atoms with Gasteiger partial charge in [0.25, 0.3) is 5.91 Å². The maximum Gasteiger partial charge on any atom is 0.256 e. The molecule has 3 rings (SSSR count). The van der Waals surface area contributed by atoms with Crippen LogP contribution in [0, 0.1) is 5.41 Å². The van der Waals surface area contributed by atoms with Gasteiger partial charge in [-0.1, -0.05) is 30.9 Å². The molecule has 1 saturated carbocycles. The molecule has 0 aromatic carbocycles. The van der Waals surface area contributed by atoms with E-state index in [-0.39, 0.29) is 5.91 Å². The summed E-state index contributed by atoms with van der Waals surface area (Å²) in [5.41, 5.74) is 7.25. The van der Waals surface area contributed by atoms with Crippen molar-refractivity contribution in [1.29, 1.82) is 0 Å². The van der Waals surface area contributed by atoms with Crippen LogP contribution >= 0.6 is 11.6 Å². The number of nitrogens with two attached hydrogens (primary N) is 1. The molecule has 1 aromatic rings. The van der Waals surface area contributed by atoms with Crippen molar-refractivity contribution in [3.8, 4) is 0 Å². The number of piperidine rings is 1. The number of halogens is 1. The first-order chi connectivity index (χ1) is 10.1. The highest BCUT2D eigenvalue weighted by Crippen LogP contribution is 2.44. The van der Waals surface area contributed by atoms with Crippen LogP contribution in [0.5, 0.6) is 0 Å². The van der Waals surface area contributed by atoms with Crippen molar-refractivity contribution >= 4 is 23.2 Å². The molecule has 5 heteroatoms. The highest BCUT2D eigenvalue weighted by Gasteiger charge is 2.37. The van der Waals surface area contributed by atoms with Crippen molar-refractivity contribution in [3.63, 3.8) is 0 Å². The van der Waals surface area contributed by atoms with Gasteiger partial charge in [-0.15, -0.1) is 0 Å². The number of hydrogen-bond acceptors (Lipinski definition) is 3. The van der Waals surface area contributed by atoms with Gasteiger partial charge in [0.15, 0.2) is 0 Å². The van der Waals surface area contributed by atoms with Crippen molar-refractivity contribution in [2.24, 2.45) is 5.41 Å². The minimum absolute atomic E-state index is 0.0116. The SMILES string of the molecule is Nc1cnc(Cl)cc1C(=O)N1CCC2(CCCCC2)CC1. The van der Waals surface area contributed by atoms with Crippen LogP contribution in [0.3, 0.4) is 0 Å². The number of nitrogens with zero attached hydrogens (tertiary/aromatic N) is 2. The molecule has 4 nitrogen and oxygen atoms in total. The summed E-state index contributed by atoms with van der Waals surface area (Å²) in [6.07, 6.45) is 10.4. The number of carbonyl (C=O) groups is 1. The van der Waals surface area contributed by atoms with Crippen molar-refractivity contribution in [3.05, 3.63) is 23.0 Å². The number of amides is 1. The molecular formula is C16H22ClN3O. The summed E-state index contributed by atoms with van der Waals surface area (Å²) in [4.78, 5) is 18.4. The van der Waals surface area contributed by atoms with E-state index in [2.05, 4.69) is 4.98 Å². The van der Waals surface area contributed by atoms with Gasteiger partial charge in [-0.3, -0.25) is 4.79 Å². The average Bonchev–Trinajstić information content (AvgIpc) is 2.51. The third kappa shape index (κ3) is 3.00. The van der Waals surface area contributed by atoms with E-state index >= 15 is 0 Å². The summed E-state index contributed by atoms with van der Waals surface area (Å²) < 4.78 is 0. The van der Waals surface area contributed by atoms with E-state index in [0.29, 0.717) is 21.8 Å². The molecule has 2 heterocycles. The van der Waals surface area contributed by atoms with Gasteiger partial charge < -0.3 is 10.6 Å². The first-order valence-corrected chi connectivity index (χ1v) is 8.18. The molecule has 2 fully saturated rings. The van der Waals surface area contributed by atoms with Crippen molar-refractivity contribution in [1.82, 2.24) is 9.88 Å². The van der Waals surface area contributed by atoms with E-state index in [4.69, 9.17) is 17.3 Å². The minimum Gasteiger partial charge on any atom is -0.397 e. The average molecular weight is 308 g/mol. The van der Waals surface area contributed by atoms with Crippen LogP contribution in [0.15, 0.2) is 12.3 Å². The number of rotatable bonds is 1. The van der Waals surface area contributed by atoms with Crippen LogP contribution in [0.1, 0.15) is 55.3 Å². The van der Waals surface area contributed by atoms with Crippen molar-refractivity contribution in [2.45, 2.75) is 44.9 Å². The van der Waals surface area contributed by atoms with Crippen LogP contribution in [0.4, 0.5) is 5.69 Å². The van der Waals surface area contributed by atoms with E-state index in [1.807, 2.05) is 4.90 Å². The molecule has 1 aromatic heterocycles. The van der Waals surface area contributed by atoms with Gasteiger partial charge in [0, 0.05) is 13.1 Å². The Bertz CT molecular complexity index is 530. The Morgan fingerprint density at radius 3 is 2.52 bits per heavy atom. The van der Waals surface area contributed by atoms with Crippen LogP contribution in [0.2, 0.25) is 5.15 Å². The van der Waals surface area contributed by atoms with E-state index in [0.717, 1.165) is 25.9 Å². The Kier molecular flexibility index (Phi) is 4.07. The van der Waals surface area contributed by atoms with E-state index in [1.165, 1.54) is 38.3 Å². The third-order valence-electron chi connectivity index (χ3n) is 5.16. The Morgan fingerprint density at radius 2 is 1.86 bits per heavy atom. The fourth-order valence-electron chi connectivity index (χ4n) is 3.78. The minimum atomic E-state index is -0.0116. The lowest BCUT2D eigenvalue weighted by Crippen LogP contribution is -2.44. The fraction of sp³-hybridized carbons (Fsp3) is 0.625. The topological polar surface area (TPSA) is 59.2 Å². The Morgan fingerprint density at radius 1 is 1.19 bits per heavy atom. The standard InChI is InChI=1S/C16H22ClN3O/c17-14-10-12(13(18)11-19-14)15(21)20-8-6-16(7-9-20)4-2-1-3-5-16/h10-11H,1-9,18H2. The fourth-order valence-corrected chi connectivity index (χ4v) is 3.94. The molecule has 0 atom stereocenters. The Labute approximate surface area is 130 Å². The summed E-state index contributed by atoms with van der Waals surface area (Å²) in [6, 6.07) is 1.57. The smallest absolute Gasteiger partial charge is 0.256 e. The molecule has 0 unspecified atom stereocenters. The molecular weight excluding hydrogens is 286 g/mol. The maximum absolute atomic E-state index is 12.6. The van der Waals surface area contributed by atoms with E-state index in [1.54, 1.807) is 6.07 Å². The van der Waals surface area contributed by atoms with Gasteiger partial charge >= 0.3 is 0 Å². The highest BCUT2D eigenvalue weighted by molar-refractivity contribution is 6.29. The van der Waals surface area contributed by atoms with E-state index < -0.39 is 0 Å². The summed E-state index contributed by atoms with van der Waals surface area (Å²) in [5.74, 6) is -0.0116. The molecule has 1 amide bonds. The summed E-state index contributed by atoms with van der Waals surface area (Å²) in [6.45, 7) is 1.66. The predicted molar refractivity (Wildman–Crippen MR) is 84.3 cm³/mol. The van der Waals surface area contributed by atoms with Crippen LogP contribution < -0.4 is 5.73 Å². The zero-order valence-electron chi connectivity index (χ0n) is 12.3. The highest BCUT2D eigenvalue weighted by atomic mass is 35.5. The number of likely N-dealkylation sites (tertiary alicyclic amines) is 1. The molecule has 1 saturated heterocycles. The lowest BCUT2D eigenvalue weighted by atomic mass is 9.68. The molecule has 114 valence electrons. The van der Waals surface area contributed by atoms with Gasteiger partial charge in [-0.2, -0.15) is 0 Å². The quantitative estimate of drug-likeness (QED) is 0.808. The second kappa shape index (κ2) is 5.84. The van der Waals surface area contributed by atoms with Gasteiger partial charge in [0.05, 0.1) is 17.4 Å². The molecule has 1 aliphatic carbocycles. The molecule has 21 heavy (non-hydrogen) atoms. The van der Waals surface area contributed by atoms with Crippen molar-refractivity contribution in [2.75, 3.05) is 18.8 Å². The molecule has 0 radical (unpaired) electrons. The zero-order valence-corrected chi connectivity index (χ0v) is 13.0. The normalized spacial score (nSPS) is 21.5. The van der Waals surface area contributed by atoms with Gasteiger partial charge in [-0.25, -0.2) is 4.98 Å². The van der Waals surface area contributed by atoms with Gasteiger partial charge in [0.1, 0.15) is 5.15 Å². The lowest BCUT2D eigenvalue weighted by Gasteiger charge is -2.44. The van der Waals surface area contributed by atoms with E-state index in [9.17, 15) is 4.79 Å². The predicted octanol–water partition coefficient (Wildman–Crippen LogP) is 3.50. The number of pyridine rings is 1. The van der Waals surface area contributed by atoms with Gasteiger partial charge in [-0.05, 0) is 37.2 Å². The van der Waals surface area contributed by atoms with Gasteiger partial charge in [0.2, 0.25) is 0 Å². The lowest BCUT2D eigenvalue weighted by molar-refractivity contribution is 0.0473. The van der Waals surface area contributed by atoms with Crippen LogP contribution in [-0.4, -0.2) is 28.9 Å². The zero-order chi connectivity index (χ0) is 14.9.